The summed E-state index contributed by atoms with van der Waals surface area (Å²) in [6, 6.07) is 20.7. The van der Waals surface area contributed by atoms with Gasteiger partial charge >= 0.3 is 0 Å². The maximum Gasteiger partial charge on any atom is 0.255 e. The number of nitrogens with zero attached hydrogens (tertiary/aromatic N) is 3. The predicted molar refractivity (Wildman–Crippen MR) is 118 cm³/mol. The van der Waals surface area contributed by atoms with Crippen molar-refractivity contribution in [2.45, 2.75) is 33.3 Å². The Balaban J connectivity index is 1.53. The average molecular weight is 400 g/mol. The van der Waals surface area contributed by atoms with Crippen molar-refractivity contribution in [3.63, 3.8) is 0 Å². The summed E-state index contributed by atoms with van der Waals surface area (Å²) < 4.78 is 5.81. The van der Waals surface area contributed by atoms with E-state index >= 15 is 0 Å². The lowest BCUT2D eigenvalue weighted by Crippen LogP contribution is -2.13. The van der Waals surface area contributed by atoms with E-state index in [1.807, 2.05) is 68.4 Å². The van der Waals surface area contributed by atoms with Crippen LogP contribution in [0.2, 0.25) is 0 Å². The summed E-state index contributed by atoms with van der Waals surface area (Å²) in [7, 11) is 0. The normalized spacial score (nSPS) is 12.0. The van der Waals surface area contributed by atoms with E-state index < -0.39 is 0 Å². The molecule has 0 aliphatic rings. The zero-order chi connectivity index (χ0) is 21.1. The predicted octanol–water partition coefficient (Wildman–Crippen LogP) is 5.16. The summed E-state index contributed by atoms with van der Waals surface area (Å²) in [6.45, 7) is 6.11. The van der Waals surface area contributed by atoms with Gasteiger partial charge in [0.25, 0.3) is 5.91 Å². The highest BCUT2D eigenvalue weighted by atomic mass is 16.5. The van der Waals surface area contributed by atoms with Gasteiger partial charge in [-0.1, -0.05) is 30.7 Å². The number of aromatic nitrogens is 3. The summed E-state index contributed by atoms with van der Waals surface area (Å²) in [6.07, 6.45) is 1.00. The molecule has 1 amide bonds. The van der Waals surface area contributed by atoms with Gasteiger partial charge in [0, 0.05) is 11.3 Å². The molecule has 152 valence electrons. The number of ether oxygens (including phenoxy) is 1. The number of anilines is 1. The van der Waals surface area contributed by atoms with Crippen molar-refractivity contribution >= 4 is 22.6 Å². The highest BCUT2D eigenvalue weighted by molar-refractivity contribution is 6.05. The van der Waals surface area contributed by atoms with Crippen LogP contribution in [-0.4, -0.2) is 27.0 Å². The van der Waals surface area contributed by atoms with Crippen LogP contribution in [0.25, 0.3) is 16.7 Å². The molecule has 0 spiro atoms. The zero-order valence-electron chi connectivity index (χ0n) is 17.3. The molecular weight excluding hydrogens is 376 g/mol. The van der Waals surface area contributed by atoms with E-state index in [1.54, 1.807) is 16.9 Å². The van der Waals surface area contributed by atoms with E-state index in [0.717, 1.165) is 17.6 Å². The number of carbonyl (C=O) groups excluding carboxylic acids is 1. The van der Waals surface area contributed by atoms with E-state index in [4.69, 9.17) is 4.74 Å². The van der Waals surface area contributed by atoms with Crippen molar-refractivity contribution in [2.24, 2.45) is 0 Å². The summed E-state index contributed by atoms with van der Waals surface area (Å²) in [4.78, 5) is 14.3. The van der Waals surface area contributed by atoms with Gasteiger partial charge in [-0.25, -0.2) is 0 Å². The fourth-order valence-electron chi connectivity index (χ4n) is 3.02. The molecule has 3 aromatic carbocycles. The number of hydrogen-bond donors (Lipinski definition) is 1. The minimum Gasteiger partial charge on any atom is -0.491 e. The van der Waals surface area contributed by atoms with Crippen LogP contribution < -0.4 is 10.1 Å². The van der Waals surface area contributed by atoms with Gasteiger partial charge in [-0.15, -0.1) is 10.2 Å². The molecule has 0 radical (unpaired) electrons. The number of fused-ring (bicyclic) bond motifs is 1. The number of aryl methyl sites for hydroxylation is 1. The lowest BCUT2D eigenvalue weighted by molar-refractivity contribution is 0.102. The number of benzene rings is 3. The number of carbonyl (C=O) groups is 1. The lowest BCUT2D eigenvalue weighted by Gasteiger charge is -2.13. The first-order chi connectivity index (χ1) is 14.5. The molecule has 0 fully saturated rings. The number of hydrogen-bond acceptors (Lipinski definition) is 4. The highest BCUT2D eigenvalue weighted by Gasteiger charge is 2.11. The third-order valence-corrected chi connectivity index (χ3v) is 4.91. The van der Waals surface area contributed by atoms with Crippen molar-refractivity contribution in [1.29, 1.82) is 0 Å². The van der Waals surface area contributed by atoms with Crippen molar-refractivity contribution in [3.8, 4) is 11.4 Å². The molecule has 30 heavy (non-hydrogen) atoms. The van der Waals surface area contributed by atoms with Crippen LogP contribution in [0.3, 0.4) is 0 Å². The number of amides is 1. The molecular formula is C24H24N4O2. The SMILES string of the molecule is CC[C@H](C)Oc1cccc(C(=O)Nc2ccc3nn(-c4ccc(C)cc4)nc3c2)c1. The molecule has 1 aromatic heterocycles. The zero-order valence-corrected chi connectivity index (χ0v) is 17.3. The number of nitrogens with one attached hydrogen (secondary N) is 1. The number of rotatable bonds is 6. The van der Waals surface area contributed by atoms with Crippen LogP contribution in [0.5, 0.6) is 5.75 Å². The minimum absolute atomic E-state index is 0.0989. The monoisotopic (exact) mass is 400 g/mol. The lowest BCUT2D eigenvalue weighted by atomic mass is 10.2. The smallest absolute Gasteiger partial charge is 0.255 e. The van der Waals surface area contributed by atoms with Crippen LogP contribution in [0.1, 0.15) is 36.2 Å². The van der Waals surface area contributed by atoms with Crippen LogP contribution >= 0.6 is 0 Å². The molecule has 6 nitrogen and oxygen atoms in total. The van der Waals surface area contributed by atoms with Crippen molar-refractivity contribution in [3.05, 3.63) is 77.9 Å². The molecule has 0 saturated heterocycles. The van der Waals surface area contributed by atoms with E-state index in [0.29, 0.717) is 22.5 Å². The van der Waals surface area contributed by atoms with Gasteiger partial charge in [0.1, 0.15) is 16.8 Å². The fourth-order valence-corrected chi connectivity index (χ4v) is 3.02. The van der Waals surface area contributed by atoms with Gasteiger partial charge < -0.3 is 10.1 Å². The van der Waals surface area contributed by atoms with Crippen LogP contribution in [0.4, 0.5) is 5.69 Å². The third-order valence-electron chi connectivity index (χ3n) is 4.91. The molecule has 0 aliphatic heterocycles. The maximum absolute atomic E-state index is 12.7. The van der Waals surface area contributed by atoms with Crippen molar-refractivity contribution in [2.75, 3.05) is 5.32 Å². The third kappa shape index (κ3) is 4.33. The average Bonchev–Trinajstić information content (AvgIpc) is 3.17. The van der Waals surface area contributed by atoms with Crippen LogP contribution in [0, 0.1) is 6.92 Å². The highest BCUT2D eigenvalue weighted by Crippen LogP contribution is 2.20. The molecule has 6 heteroatoms. The first-order valence-corrected chi connectivity index (χ1v) is 10.0. The van der Waals surface area contributed by atoms with E-state index in [2.05, 4.69) is 22.4 Å². The van der Waals surface area contributed by atoms with Gasteiger partial charge in [-0.05, 0) is 68.8 Å². The van der Waals surface area contributed by atoms with Gasteiger partial charge in [-0.2, -0.15) is 4.80 Å². The summed E-state index contributed by atoms with van der Waals surface area (Å²) in [5.41, 5.74) is 4.75. The summed E-state index contributed by atoms with van der Waals surface area (Å²) >= 11 is 0. The van der Waals surface area contributed by atoms with E-state index in [9.17, 15) is 4.79 Å². The molecule has 4 rings (SSSR count). The van der Waals surface area contributed by atoms with E-state index in [1.165, 1.54) is 5.56 Å². The molecule has 0 aliphatic carbocycles. The molecule has 1 N–H and O–H groups in total. The van der Waals surface area contributed by atoms with Gasteiger partial charge in [0.2, 0.25) is 0 Å². The first-order valence-electron chi connectivity index (χ1n) is 10.0. The molecule has 4 aromatic rings. The van der Waals surface area contributed by atoms with Crippen molar-refractivity contribution in [1.82, 2.24) is 15.0 Å². The Morgan fingerprint density at radius 1 is 1.03 bits per heavy atom. The molecule has 1 heterocycles. The largest absolute Gasteiger partial charge is 0.491 e. The second kappa shape index (κ2) is 8.37. The summed E-state index contributed by atoms with van der Waals surface area (Å²) in [5.74, 6) is 0.489. The molecule has 1 atom stereocenters. The van der Waals surface area contributed by atoms with Gasteiger partial charge in [0.15, 0.2) is 0 Å². The Kier molecular flexibility index (Phi) is 5.48. The van der Waals surface area contributed by atoms with Crippen LogP contribution in [-0.2, 0) is 0 Å². The van der Waals surface area contributed by atoms with E-state index in [-0.39, 0.29) is 12.0 Å². The first kappa shape index (κ1) is 19.6. The Labute approximate surface area is 175 Å². The Morgan fingerprint density at radius 2 is 1.80 bits per heavy atom. The second-order valence-corrected chi connectivity index (χ2v) is 7.35. The quantitative estimate of drug-likeness (QED) is 0.485. The fraction of sp³-hybridized carbons (Fsp3) is 0.208. The topological polar surface area (TPSA) is 69.0 Å². The van der Waals surface area contributed by atoms with Gasteiger partial charge in [0.05, 0.1) is 11.8 Å². The summed E-state index contributed by atoms with van der Waals surface area (Å²) in [5, 5.41) is 12.0. The Bertz CT molecular complexity index is 1180. The van der Waals surface area contributed by atoms with Gasteiger partial charge in [-0.3, -0.25) is 4.79 Å². The second-order valence-electron chi connectivity index (χ2n) is 7.35. The Hall–Kier alpha value is -3.67. The molecule has 0 unspecified atom stereocenters. The standard InChI is InChI=1S/C24H24N4O2/c1-4-17(3)30-21-7-5-6-18(14-21)24(29)25-19-10-13-22-23(15-19)27-28(26-22)20-11-8-16(2)9-12-20/h5-15,17H,4H2,1-3H3,(H,25,29)/t17-/m0/s1. The minimum atomic E-state index is -0.199. The Morgan fingerprint density at radius 3 is 2.57 bits per heavy atom. The molecule has 0 bridgehead atoms. The van der Waals surface area contributed by atoms with Crippen molar-refractivity contribution < 1.29 is 9.53 Å². The van der Waals surface area contributed by atoms with Crippen LogP contribution in [0.15, 0.2) is 66.7 Å². The maximum atomic E-state index is 12.7. The molecule has 0 saturated carbocycles.